The molecule has 0 bridgehead atoms. The molecule has 4 rings (SSSR count). The Morgan fingerprint density at radius 3 is 2.61 bits per heavy atom. The first-order valence-corrected chi connectivity index (χ1v) is 10.6. The summed E-state index contributed by atoms with van der Waals surface area (Å²) >= 11 is 0. The molecule has 3 aromatic rings. The van der Waals surface area contributed by atoms with Crippen LogP contribution in [0.4, 0.5) is 4.79 Å². The molecule has 2 amide bonds. The van der Waals surface area contributed by atoms with E-state index in [0.29, 0.717) is 37.8 Å². The van der Waals surface area contributed by atoms with Crippen LogP contribution in [-0.4, -0.2) is 68.2 Å². The van der Waals surface area contributed by atoms with Crippen molar-refractivity contribution in [2.24, 2.45) is 7.05 Å². The molecule has 1 aliphatic rings. The van der Waals surface area contributed by atoms with Crippen molar-refractivity contribution in [2.75, 3.05) is 32.7 Å². The van der Waals surface area contributed by atoms with Crippen LogP contribution in [0.5, 0.6) is 0 Å². The molecule has 1 unspecified atom stereocenters. The molecule has 1 N–H and O–H groups in total. The number of aryl methyl sites for hydroxylation is 2. The van der Waals surface area contributed by atoms with Crippen molar-refractivity contribution in [3.63, 3.8) is 0 Å². The maximum Gasteiger partial charge on any atom is 0.317 e. The average Bonchev–Trinajstić information content (AvgIpc) is 3.43. The monoisotopic (exact) mass is 423 g/mol. The summed E-state index contributed by atoms with van der Waals surface area (Å²) in [6.45, 7) is 7.54. The van der Waals surface area contributed by atoms with Gasteiger partial charge in [-0.1, -0.05) is 35.0 Å². The fourth-order valence-corrected chi connectivity index (χ4v) is 3.72. The van der Waals surface area contributed by atoms with Gasteiger partial charge in [0, 0.05) is 64.1 Å². The van der Waals surface area contributed by atoms with Crippen LogP contribution in [0.3, 0.4) is 0 Å². The van der Waals surface area contributed by atoms with Gasteiger partial charge in [-0.2, -0.15) is 4.98 Å². The van der Waals surface area contributed by atoms with Crippen LogP contribution in [0.15, 0.2) is 41.2 Å². The molecule has 1 aliphatic heterocycles. The number of carbonyl (C=O) groups excluding carboxylic acids is 1. The summed E-state index contributed by atoms with van der Waals surface area (Å²) in [6.07, 6.45) is 4.39. The number of benzene rings is 1. The fraction of sp³-hybridized carbons (Fsp3) is 0.455. The molecule has 0 radical (unpaired) electrons. The number of hydrogen-bond donors (Lipinski definition) is 1. The number of nitrogens with one attached hydrogen (secondary N) is 1. The Kier molecular flexibility index (Phi) is 6.31. The number of nitrogens with zero attached hydrogens (tertiary/aromatic N) is 6. The number of piperazine rings is 1. The summed E-state index contributed by atoms with van der Waals surface area (Å²) in [5, 5.41) is 7.14. The number of imidazole rings is 1. The molecule has 0 aliphatic carbocycles. The van der Waals surface area contributed by atoms with Crippen LogP contribution in [-0.2, 0) is 13.5 Å². The lowest BCUT2D eigenvalue weighted by molar-refractivity contribution is 0.100. The Hall–Kier alpha value is -3.20. The molecule has 0 saturated carbocycles. The van der Waals surface area contributed by atoms with E-state index in [4.69, 9.17) is 4.52 Å². The Morgan fingerprint density at radius 2 is 1.94 bits per heavy atom. The van der Waals surface area contributed by atoms with Gasteiger partial charge in [-0.25, -0.2) is 9.78 Å². The van der Waals surface area contributed by atoms with Crippen LogP contribution >= 0.6 is 0 Å². The van der Waals surface area contributed by atoms with Gasteiger partial charge >= 0.3 is 6.03 Å². The normalized spacial score (nSPS) is 15.8. The smallest absolute Gasteiger partial charge is 0.317 e. The molecule has 1 atom stereocenters. The summed E-state index contributed by atoms with van der Waals surface area (Å²) in [6, 6.07) is 8.05. The van der Waals surface area contributed by atoms with Crippen molar-refractivity contribution >= 4 is 6.03 Å². The van der Waals surface area contributed by atoms with E-state index in [1.807, 2.05) is 53.9 Å². The first kappa shape index (κ1) is 21.0. The van der Waals surface area contributed by atoms with Crippen molar-refractivity contribution in [1.29, 1.82) is 0 Å². The van der Waals surface area contributed by atoms with Gasteiger partial charge < -0.3 is 19.3 Å². The Balaban J connectivity index is 1.26. The third-order valence-electron chi connectivity index (χ3n) is 5.80. The molecule has 1 fully saturated rings. The maximum atomic E-state index is 12.5. The Bertz CT molecular complexity index is 1000. The molecule has 1 aromatic carbocycles. The lowest BCUT2D eigenvalue weighted by Gasteiger charge is -2.36. The molecular formula is C22H29N7O2. The molecular weight excluding hydrogens is 394 g/mol. The summed E-state index contributed by atoms with van der Waals surface area (Å²) in [5.74, 6) is 2.17. The zero-order valence-electron chi connectivity index (χ0n) is 18.3. The average molecular weight is 424 g/mol. The predicted octanol–water partition coefficient (Wildman–Crippen LogP) is 2.41. The quantitative estimate of drug-likeness (QED) is 0.655. The molecule has 9 nitrogen and oxygen atoms in total. The number of rotatable bonds is 6. The van der Waals surface area contributed by atoms with Gasteiger partial charge in [0.15, 0.2) is 0 Å². The van der Waals surface area contributed by atoms with Crippen molar-refractivity contribution < 1.29 is 9.32 Å². The van der Waals surface area contributed by atoms with Crippen molar-refractivity contribution in [2.45, 2.75) is 26.3 Å². The highest BCUT2D eigenvalue weighted by Gasteiger charge is 2.27. The van der Waals surface area contributed by atoms with Crippen LogP contribution in [0.25, 0.3) is 11.4 Å². The van der Waals surface area contributed by atoms with E-state index in [1.165, 1.54) is 5.56 Å². The van der Waals surface area contributed by atoms with Crippen molar-refractivity contribution in [1.82, 2.24) is 34.8 Å². The summed E-state index contributed by atoms with van der Waals surface area (Å²) < 4.78 is 7.50. The van der Waals surface area contributed by atoms with Gasteiger partial charge in [0.05, 0.1) is 6.04 Å². The molecule has 1 saturated heterocycles. The largest absolute Gasteiger partial charge is 0.338 e. The number of aromatic nitrogens is 4. The van der Waals surface area contributed by atoms with E-state index in [1.54, 1.807) is 6.20 Å². The summed E-state index contributed by atoms with van der Waals surface area (Å²) in [7, 11) is 1.96. The Labute approximate surface area is 182 Å². The highest BCUT2D eigenvalue weighted by Crippen LogP contribution is 2.23. The van der Waals surface area contributed by atoms with E-state index in [-0.39, 0.29) is 12.1 Å². The van der Waals surface area contributed by atoms with E-state index >= 15 is 0 Å². The summed E-state index contributed by atoms with van der Waals surface area (Å²) in [5.41, 5.74) is 2.14. The lowest BCUT2D eigenvalue weighted by atomic mass is 10.1. The predicted molar refractivity (Wildman–Crippen MR) is 116 cm³/mol. The second kappa shape index (κ2) is 9.30. The topological polar surface area (TPSA) is 92.3 Å². The first-order chi connectivity index (χ1) is 15.0. The standard InChI is InChI=1S/C22H29N7O2/c1-16-4-6-18(7-5-16)20-25-21(31-26-20)17(2)28-12-14-29(15-13-28)22(30)24-9-8-19-23-10-11-27(19)3/h4-7,10-11,17H,8-9,12-15H2,1-3H3,(H,24,30). The van der Waals surface area contributed by atoms with Crippen molar-refractivity contribution in [3.05, 3.63) is 53.9 Å². The van der Waals surface area contributed by atoms with Gasteiger partial charge in [0.25, 0.3) is 0 Å². The summed E-state index contributed by atoms with van der Waals surface area (Å²) in [4.78, 5) is 25.5. The molecule has 164 valence electrons. The number of urea groups is 1. The lowest BCUT2D eigenvalue weighted by Crippen LogP contribution is -2.52. The van der Waals surface area contributed by atoms with Gasteiger partial charge in [-0.3, -0.25) is 4.90 Å². The minimum Gasteiger partial charge on any atom is -0.338 e. The van der Waals surface area contributed by atoms with Gasteiger partial charge in [0.2, 0.25) is 11.7 Å². The fourth-order valence-electron chi connectivity index (χ4n) is 3.72. The highest BCUT2D eigenvalue weighted by atomic mass is 16.5. The van der Waals surface area contributed by atoms with E-state index in [2.05, 4.69) is 32.3 Å². The second-order valence-electron chi connectivity index (χ2n) is 7.96. The van der Waals surface area contributed by atoms with Crippen LogP contribution < -0.4 is 5.32 Å². The molecule has 2 aromatic heterocycles. The zero-order valence-corrected chi connectivity index (χ0v) is 18.3. The maximum absolute atomic E-state index is 12.5. The van der Waals surface area contributed by atoms with Gasteiger partial charge in [-0.15, -0.1) is 0 Å². The second-order valence-corrected chi connectivity index (χ2v) is 7.96. The molecule has 3 heterocycles. The minimum absolute atomic E-state index is 0.000301. The zero-order chi connectivity index (χ0) is 21.8. The third kappa shape index (κ3) is 4.93. The van der Waals surface area contributed by atoms with Gasteiger partial charge in [0.1, 0.15) is 5.82 Å². The van der Waals surface area contributed by atoms with Crippen LogP contribution in [0, 0.1) is 6.92 Å². The van der Waals surface area contributed by atoms with E-state index < -0.39 is 0 Å². The van der Waals surface area contributed by atoms with E-state index in [0.717, 1.165) is 24.5 Å². The van der Waals surface area contributed by atoms with E-state index in [9.17, 15) is 4.79 Å². The number of carbonyl (C=O) groups is 1. The number of amides is 2. The first-order valence-electron chi connectivity index (χ1n) is 10.6. The molecule has 0 spiro atoms. The number of hydrogen-bond acceptors (Lipinski definition) is 6. The van der Waals surface area contributed by atoms with Crippen molar-refractivity contribution in [3.8, 4) is 11.4 Å². The van der Waals surface area contributed by atoms with Gasteiger partial charge in [-0.05, 0) is 13.8 Å². The Morgan fingerprint density at radius 1 is 1.19 bits per heavy atom. The van der Waals surface area contributed by atoms with Crippen LogP contribution in [0.2, 0.25) is 0 Å². The highest BCUT2D eigenvalue weighted by molar-refractivity contribution is 5.74. The molecule has 31 heavy (non-hydrogen) atoms. The SMILES string of the molecule is Cc1ccc(-c2noc(C(C)N3CCN(C(=O)NCCc4nccn4C)CC3)n2)cc1. The van der Waals surface area contributed by atoms with Crippen LogP contribution in [0.1, 0.15) is 30.2 Å². The molecule has 9 heteroatoms. The third-order valence-corrected chi connectivity index (χ3v) is 5.80. The minimum atomic E-state index is -0.0269.